The summed E-state index contributed by atoms with van der Waals surface area (Å²) < 4.78 is 0. The molecule has 0 radical (unpaired) electrons. The number of aromatic nitrogens is 1. The van der Waals surface area contributed by atoms with Crippen molar-refractivity contribution in [3.63, 3.8) is 0 Å². The largest absolute Gasteiger partial charge is 0.331 e. The first-order chi connectivity index (χ1) is 10.2. The molecule has 2 amide bonds. The van der Waals surface area contributed by atoms with Gasteiger partial charge in [-0.25, -0.2) is 4.79 Å². The van der Waals surface area contributed by atoms with E-state index in [1.54, 1.807) is 6.20 Å². The van der Waals surface area contributed by atoms with Crippen LogP contribution in [0.1, 0.15) is 57.6 Å². The molecule has 0 bridgehead atoms. The molecule has 116 valence electrons. The van der Waals surface area contributed by atoms with Gasteiger partial charge >= 0.3 is 6.03 Å². The number of likely N-dealkylation sites (tertiary alicyclic amines) is 1. The highest BCUT2D eigenvalue weighted by molar-refractivity contribution is 5.74. The van der Waals surface area contributed by atoms with E-state index in [1.165, 1.54) is 19.3 Å². The average molecular weight is 289 g/mol. The van der Waals surface area contributed by atoms with Crippen LogP contribution >= 0.6 is 0 Å². The molecule has 2 rings (SSSR count). The minimum Gasteiger partial charge on any atom is -0.331 e. The molecule has 21 heavy (non-hydrogen) atoms. The molecule has 0 aliphatic carbocycles. The van der Waals surface area contributed by atoms with Crippen molar-refractivity contribution in [2.45, 2.75) is 52.0 Å². The molecule has 1 aliphatic rings. The summed E-state index contributed by atoms with van der Waals surface area (Å²) in [6, 6.07) is 4.05. The first kappa shape index (κ1) is 15.8. The van der Waals surface area contributed by atoms with E-state index in [2.05, 4.69) is 24.1 Å². The molecular weight excluding hydrogens is 262 g/mol. The van der Waals surface area contributed by atoms with Crippen molar-refractivity contribution in [3.05, 3.63) is 30.1 Å². The number of hydrogen-bond acceptors (Lipinski definition) is 2. The van der Waals surface area contributed by atoms with E-state index in [0.717, 1.165) is 31.5 Å². The van der Waals surface area contributed by atoms with Crippen molar-refractivity contribution >= 4 is 6.03 Å². The lowest BCUT2D eigenvalue weighted by molar-refractivity contribution is 0.184. The minimum absolute atomic E-state index is 0.0247. The summed E-state index contributed by atoms with van der Waals surface area (Å²) in [6.45, 7) is 6.02. The minimum atomic E-state index is 0.0247. The van der Waals surface area contributed by atoms with Crippen molar-refractivity contribution in [1.29, 1.82) is 0 Å². The number of carbonyl (C=O) groups excluding carboxylic acids is 1. The zero-order valence-electron chi connectivity index (χ0n) is 13.2. The lowest BCUT2D eigenvalue weighted by Gasteiger charge is -2.29. The molecule has 1 aromatic heterocycles. The van der Waals surface area contributed by atoms with Crippen molar-refractivity contribution in [3.8, 4) is 0 Å². The molecule has 2 heterocycles. The maximum Gasteiger partial charge on any atom is 0.317 e. The van der Waals surface area contributed by atoms with Gasteiger partial charge in [-0.2, -0.15) is 0 Å². The quantitative estimate of drug-likeness (QED) is 0.921. The van der Waals surface area contributed by atoms with Crippen LogP contribution in [0.15, 0.2) is 24.5 Å². The number of amides is 2. The number of nitrogens with one attached hydrogen (secondary N) is 1. The number of nitrogens with zero attached hydrogens (tertiary/aromatic N) is 2. The summed E-state index contributed by atoms with van der Waals surface area (Å²) in [5, 5.41) is 3.20. The van der Waals surface area contributed by atoms with Crippen molar-refractivity contribution in [2.24, 2.45) is 5.92 Å². The lowest BCUT2D eigenvalue weighted by Crippen LogP contribution is -2.44. The number of urea groups is 1. The van der Waals surface area contributed by atoms with Crippen molar-refractivity contribution in [1.82, 2.24) is 15.2 Å². The third-order valence-corrected chi connectivity index (χ3v) is 4.13. The molecule has 1 aliphatic heterocycles. The molecule has 1 aromatic rings. The molecule has 1 atom stereocenters. The normalized spacial score (nSPS) is 18.0. The van der Waals surface area contributed by atoms with E-state index < -0.39 is 0 Å². The number of rotatable bonds is 3. The van der Waals surface area contributed by atoms with Crippen LogP contribution in [0, 0.1) is 5.92 Å². The Kier molecular flexibility index (Phi) is 6.03. The Labute approximate surface area is 127 Å². The molecule has 4 heteroatoms. The van der Waals surface area contributed by atoms with Crippen LogP contribution in [0.4, 0.5) is 4.79 Å². The van der Waals surface area contributed by atoms with Crippen LogP contribution < -0.4 is 5.32 Å². The van der Waals surface area contributed by atoms with Gasteiger partial charge in [-0.1, -0.05) is 39.2 Å². The van der Waals surface area contributed by atoms with Gasteiger partial charge in [-0.3, -0.25) is 4.98 Å². The number of carbonyl (C=O) groups is 1. The molecule has 1 fully saturated rings. The number of hydrogen-bond donors (Lipinski definition) is 1. The van der Waals surface area contributed by atoms with Crippen LogP contribution in [0.25, 0.3) is 0 Å². The summed E-state index contributed by atoms with van der Waals surface area (Å²) in [5.74, 6) is 0.341. The summed E-state index contributed by atoms with van der Waals surface area (Å²) in [7, 11) is 0. The van der Waals surface area contributed by atoms with Crippen molar-refractivity contribution < 1.29 is 4.79 Å². The summed E-state index contributed by atoms with van der Waals surface area (Å²) in [5.41, 5.74) is 1.08. The highest BCUT2D eigenvalue weighted by atomic mass is 16.2. The van der Waals surface area contributed by atoms with Crippen LogP contribution in [-0.2, 0) is 0 Å². The molecule has 1 unspecified atom stereocenters. The van der Waals surface area contributed by atoms with E-state index >= 15 is 0 Å². The first-order valence-corrected chi connectivity index (χ1v) is 8.14. The second-order valence-corrected chi connectivity index (χ2v) is 6.21. The van der Waals surface area contributed by atoms with Crippen LogP contribution in [0.3, 0.4) is 0 Å². The van der Waals surface area contributed by atoms with Gasteiger partial charge in [0, 0.05) is 25.5 Å². The van der Waals surface area contributed by atoms with Gasteiger partial charge in [0.05, 0.1) is 6.04 Å². The molecule has 4 nitrogen and oxygen atoms in total. The predicted molar refractivity (Wildman–Crippen MR) is 85.0 cm³/mol. The molecule has 1 N–H and O–H groups in total. The Balaban J connectivity index is 2.00. The third-order valence-electron chi connectivity index (χ3n) is 4.13. The zero-order chi connectivity index (χ0) is 15.1. The van der Waals surface area contributed by atoms with E-state index in [-0.39, 0.29) is 12.1 Å². The molecule has 0 aromatic carbocycles. The molecule has 0 saturated carbocycles. The third kappa shape index (κ3) is 4.73. The standard InChI is InChI=1S/C17H27N3O/c1-14(2)16(15-9-8-10-18-13-15)19-17(21)20-11-6-4-3-5-7-12-20/h8-10,13-14,16H,3-7,11-12H2,1-2H3,(H,19,21). The molecule has 0 spiro atoms. The maximum atomic E-state index is 12.5. The van der Waals surface area contributed by atoms with E-state index in [0.29, 0.717) is 5.92 Å². The van der Waals surface area contributed by atoms with Crippen LogP contribution in [0.5, 0.6) is 0 Å². The number of pyridine rings is 1. The van der Waals surface area contributed by atoms with E-state index in [1.807, 2.05) is 23.2 Å². The van der Waals surface area contributed by atoms with Gasteiger partial charge in [0.15, 0.2) is 0 Å². The van der Waals surface area contributed by atoms with Gasteiger partial charge in [0.25, 0.3) is 0 Å². The summed E-state index contributed by atoms with van der Waals surface area (Å²) in [6.07, 6.45) is 9.62. The van der Waals surface area contributed by atoms with Gasteiger partial charge in [-0.15, -0.1) is 0 Å². The van der Waals surface area contributed by atoms with Gasteiger partial charge < -0.3 is 10.2 Å². The van der Waals surface area contributed by atoms with Crippen LogP contribution in [0.2, 0.25) is 0 Å². The highest BCUT2D eigenvalue weighted by Crippen LogP contribution is 2.21. The fourth-order valence-electron chi connectivity index (χ4n) is 2.87. The predicted octanol–water partition coefficient (Wildman–Crippen LogP) is 3.75. The zero-order valence-corrected chi connectivity index (χ0v) is 13.2. The van der Waals surface area contributed by atoms with E-state index in [4.69, 9.17) is 0 Å². The Morgan fingerprint density at radius 2 is 1.86 bits per heavy atom. The Morgan fingerprint density at radius 3 is 2.43 bits per heavy atom. The van der Waals surface area contributed by atoms with Gasteiger partial charge in [-0.05, 0) is 30.4 Å². The molecular formula is C17H27N3O. The fraction of sp³-hybridized carbons (Fsp3) is 0.647. The topological polar surface area (TPSA) is 45.2 Å². The second-order valence-electron chi connectivity index (χ2n) is 6.21. The smallest absolute Gasteiger partial charge is 0.317 e. The fourth-order valence-corrected chi connectivity index (χ4v) is 2.87. The van der Waals surface area contributed by atoms with Gasteiger partial charge in [0.1, 0.15) is 0 Å². The first-order valence-electron chi connectivity index (χ1n) is 8.14. The molecule has 1 saturated heterocycles. The second kappa shape index (κ2) is 8.01. The SMILES string of the molecule is CC(C)C(NC(=O)N1CCCCCCC1)c1cccnc1. The summed E-state index contributed by atoms with van der Waals surface area (Å²) >= 11 is 0. The monoisotopic (exact) mass is 289 g/mol. The average Bonchev–Trinajstić information content (AvgIpc) is 2.44. The summed E-state index contributed by atoms with van der Waals surface area (Å²) in [4.78, 5) is 18.7. The van der Waals surface area contributed by atoms with Crippen LogP contribution in [-0.4, -0.2) is 29.0 Å². The lowest BCUT2D eigenvalue weighted by atomic mass is 9.97. The van der Waals surface area contributed by atoms with Gasteiger partial charge in [0.2, 0.25) is 0 Å². The Morgan fingerprint density at radius 1 is 1.19 bits per heavy atom. The maximum absolute atomic E-state index is 12.5. The van der Waals surface area contributed by atoms with E-state index in [9.17, 15) is 4.79 Å². The Bertz CT molecular complexity index is 425. The highest BCUT2D eigenvalue weighted by Gasteiger charge is 2.22. The van der Waals surface area contributed by atoms with Crippen molar-refractivity contribution in [2.75, 3.05) is 13.1 Å². The Hall–Kier alpha value is -1.58.